The summed E-state index contributed by atoms with van der Waals surface area (Å²) in [5, 5.41) is 4.59. The Labute approximate surface area is 104 Å². The first-order valence-corrected chi connectivity index (χ1v) is 6.58. The van der Waals surface area contributed by atoms with E-state index >= 15 is 0 Å². The molecule has 17 heavy (non-hydrogen) atoms. The van der Waals surface area contributed by atoms with E-state index in [0.717, 1.165) is 5.69 Å². The molecule has 1 aromatic heterocycles. The van der Waals surface area contributed by atoms with Crippen molar-refractivity contribution in [2.75, 3.05) is 13.1 Å². The highest BCUT2D eigenvalue weighted by atomic mass is 15.3. The van der Waals surface area contributed by atoms with Gasteiger partial charge in [0, 0.05) is 25.6 Å². The number of aryl methyl sites for hydroxylation is 1. The molecule has 0 unspecified atom stereocenters. The van der Waals surface area contributed by atoms with Crippen LogP contribution in [0, 0.1) is 0 Å². The number of nitrogens with two attached hydrogens (primary N) is 1. The molecule has 0 aromatic carbocycles. The van der Waals surface area contributed by atoms with Gasteiger partial charge in [-0.25, -0.2) is 0 Å². The maximum atomic E-state index is 5.69. The highest BCUT2D eigenvalue weighted by Gasteiger charge is 2.24. The largest absolute Gasteiger partial charge is 0.325 e. The van der Waals surface area contributed by atoms with E-state index in [-0.39, 0.29) is 0 Å². The number of hydrogen-bond donors (Lipinski definition) is 1. The minimum Gasteiger partial charge on any atom is -0.325 e. The van der Waals surface area contributed by atoms with Crippen molar-refractivity contribution >= 4 is 0 Å². The average molecular weight is 236 g/mol. The molecule has 1 fully saturated rings. The van der Waals surface area contributed by atoms with Gasteiger partial charge in [0.15, 0.2) is 0 Å². The van der Waals surface area contributed by atoms with Crippen LogP contribution in [0.25, 0.3) is 0 Å². The van der Waals surface area contributed by atoms with Gasteiger partial charge in [-0.15, -0.1) is 0 Å². The Morgan fingerprint density at radius 3 is 2.53 bits per heavy atom. The van der Waals surface area contributed by atoms with Crippen molar-refractivity contribution in [3.63, 3.8) is 0 Å². The van der Waals surface area contributed by atoms with E-state index in [1.54, 1.807) is 0 Å². The third-order valence-corrected chi connectivity index (χ3v) is 3.88. The normalized spacial score (nSPS) is 19.1. The zero-order chi connectivity index (χ0) is 12.4. The summed E-state index contributed by atoms with van der Waals surface area (Å²) in [6.45, 7) is 7.50. The first-order valence-electron chi connectivity index (χ1n) is 6.58. The smallest absolute Gasteiger partial charge is 0.0659 e. The zero-order valence-electron chi connectivity index (χ0n) is 11.2. The number of hydrogen-bond acceptors (Lipinski definition) is 3. The fraction of sp³-hybridized carbons (Fsp3) is 0.769. The Balaban J connectivity index is 2.00. The summed E-state index contributed by atoms with van der Waals surface area (Å²) in [7, 11) is 1.98. The number of nitrogens with zero attached hydrogens (tertiary/aromatic N) is 3. The molecule has 0 atom stereocenters. The van der Waals surface area contributed by atoms with Crippen molar-refractivity contribution in [1.82, 2.24) is 14.7 Å². The summed E-state index contributed by atoms with van der Waals surface area (Å²) in [6.07, 6.45) is 2.44. The molecular weight excluding hydrogens is 212 g/mol. The van der Waals surface area contributed by atoms with Crippen molar-refractivity contribution in [1.29, 1.82) is 0 Å². The van der Waals surface area contributed by atoms with Crippen molar-refractivity contribution < 1.29 is 0 Å². The van der Waals surface area contributed by atoms with Crippen LogP contribution in [-0.4, -0.2) is 33.8 Å². The molecule has 0 bridgehead atoms. The van der Waals surface area contributed by atoms with Crippen molar-refractivity contribution in [2.45, 2.75) is 45.2 Å². The second-order valence-corrected chi connectivity index (χ2v) is 5.29. The van der Waals surface area contributed by atoms with E-state index in [4.69, 9.17) is 5.73 Å². The minimum atomic E-state index is 0.578. The van der Waals surface area contributed by atoms with Crippen LogP contribution in [0.1, 0.15) is 44.0 Å². The lowest BCUT2D eigenvalue weighted by Gasteiger charge is -2.33. The quantitative estimate of drug-likeness (QED) is 0.864. The summed E-state index contributed by atoms with van der Waals surface area (Å²) >= 11 is 0. The highest BCUT2D eigenvalue weighted by Crippen LogP contribution is 2.28. The molecule has 1 aliphatic rings. The summed E-state index contributed by atoms with van der Waals surface area (Å²) in [5.74, 6) is 0.622. The fourth-order valence-corrected chi connectivity index (χ4v) is 2.63. The van der Waals surface area contributed by atoms with Crippen molar-refractivity contribution in [3.05, 3.63) is 17.5 Å². The Hall–Kier alpha value is -0.870. The van der Waals surface area contributed by atoms with E-state index in [1.165, 1.54) is 31.6 Å². The van der Waals surface area contributed by atoms with Crippen LogP contribution >= 0.6 is 0 Å². The van der Waals surface area contributed by atoms with Crippen LogP contribution in [0.2, 0.25) is 0 Å². The molecule has 1 aliphatic heterocycles. The maximum Gasteiger partial charge on any atom is 0.0659 e. The lowest BCUT2D eigenvalue weighted by molar-refractivity contribution is 0.170. The van der Waals surface area contributed by atoms with E-state index in [9.17, 15) is 0 Å². The van der Waals surface area contributed by atoms with E-state index in [0.29, 0.717) is 18.5 Å². The molecule has 2 N–H and O–H groups in total. The first-order chi connectivity index (χ1) is 8.11. The monoisotopic (exact) mass is 236 g/mol. The average Bonchev–Trinajstić information content (AvgIpc) is 2.70. The maximum absolute atomic E-state index is 5.69. The predicted molar refractivity (Wildman–Crippen MR) is 69.8 cm³/mol. The van der Waals surface area contributed by atoms with Crippen LogP contribution in [-0.2, 0) is 13.6 Å². The van der Waals surface area contributed by atoms with Crippen LogP contribution in [0.4, 0.5) is 0 Å². The molecule has 4 nitrogen and oxygen atoms in total. The van der Waals surface area contributed by atoms with Gasteiger partial charge in [0.25, 0.3) is 0 Å². The van der Waals surface area contributed by atoms with E-state index in [1.807, 2.05) is 11.7 Å². The minimum absolute atomic E-state index is 0.578. The van der Waals surface area contributed by atoms with Crippen LogP contribution in [0.3, 0.4) is 0 Å². The molecule has 2 heterocycles. The first kappa shape index (κ1) is 12.6. The Kier molecular flexibility index (Phi) is 3.84. The SMILES string of the molecule is CC(C)N1CCC(c2cc(CN)n(C)n2)CC1. The third-order valence-electron chi connectivity index (χ3n) is 3.88. The van der Waals surface area contributed by atoms with Crippen LogP contribution in [0.15, 0.2) is 6.07 Å². The Bertz CT molecular complexity index is 361. The molecule has 0 amide bonds. The van der Waals surface area contributed by atoms with Gasteiger partial charge < -0.3 is 10.6 Å². The topological polar surface area (TPSA) is 47.1 Å². The molecule has 0 aliphatic carbocycles. The van der Waals surface area contributed by atoms with Gasteiger partial charge in [-0.05, 0) is 45.8 Å². The van der Waals surface area contributed by atoms with Gasteiger partial charge in [-0.1, -0.05) is 0 Å². The number of aromatic nitrogens is 2. The molecule has 1 aromatic rings. The summed E-state index contributed by atoms with van der Waals surface area (Å²) in [5.41, 5.74) is 8.05. The third kappa shape index (κ3) is 2.69. The second kappa shape index (κ2) is 5.19. The standard InChI is InChI=1S/C13H24N4/c1-10(2)17-6-4-11(5-7-17)13-8-12(9-14)16(3)15-13/h8,10-11H,4-7,9,14H2,1-3H3. The fourth-order valence-electron chi connectivity index (χ4n) is 2.63. The van der Waals surface area contributed by atoms with Gasteiger partial charge in [0.05, 0.1) is 11.4 Å². The van der Waals surface area contributed by atoms with E-state index in [2.05, 4.69) is 29.9 Å². The molecule has 0 spiro atoms. The summed E-state index contributed by atoms with van der Waals surface area (Å²) in [4.78, 5) is 2.54. The predicted octanol–water partition coefficient (Wildman–Crippen LogP) is 1.47. The zero-order valence-corrected chi connectivity index (χ0v) is 11.2. The Morgan fingerprint density at radius 2 is 2.06 bits per heavy atom. The molecule has 2 rings (SSSR count). The summed E-state index contributed by atoms with van der Waals surface area (Å²) in [6, 6.07) is 2.84. The van der Waals surface area contributed by atoms with Gasteiger partial charge >= 0.3 is 0 Å². The molecular formula is C13H24N4. The van der Waals surface area contributed by atoms with Gasteiger partial charge in [0.2, 0.25) is 0 Å². The lowest BCUT2D eigenvalue weighted by Crippen LogP contribution is -2.37. The van der Waals surface area contributed by atoms with Crippen LogP contribution in [0.5, 0.6) is 0 Å². The van der Waals surface area contributed by atoms with Gasteiger partial charge in [-0.3, -0.25) is 4.68 Å². The molecule has 96 valence electrons. The van der Waals surface area contributed by atoms with Crippen molar-refractivity contribution in [3.8, 4) is 0 Å². The molecule has 0 saturated carbocycles. The second-order valence-electron chi connectivity index (χ2n) is 5.29. The number of rotatable bonds is 3. The number of piperidine rings is 1. The van der Waals surface area contributed by atoms with E-state index < -0.39 is 0 Å². The molecule has 0 radical (unpaired) electrons. The highest BCUT2D eigenvalue weighted by molar-refractivity contribution is 5.15. The lowest BCUT2D eigenvalue weighted by atomic mass is 9.93. The van der Waals surface area contributed by atoms with Crippen molar-refractivity contribution in [2.24, 2.45) is 12.8 Å². The molecule has 1 saturated heterocycles. The van der Waals surface area contributed by atoms with Gasteiger partial charge in [-0.2, -0.15) is 5.10 Å². The summed E-state index contributed by atoms with van der Waals surface area (Å²) < 4.78 is 1.92. The number of likely N-dealkylation sites (tertiary alicyclic amines) is 1. The van der Waals surface area contributed by atoms with Crippen LogP contribution < -0.4 is 5.73 Å². The Morgan fingerprint density at radius 1 is 1.41 bits per heavy atom. The molecule has 4 heteroatoms. The van der Waals surface area contributed by atoms with Gasteiger partial charge in [0.1, 0.15) is 0 Å².